The largest absolute Gasteiger partial charge is 0.466 e. The first kappa shape index (κ1) is 113. The predicted octanol–water partition coefficient (Wildman–Crippen LogP) is 6.41. The maximum atomic E-state index is 14.0. The van der Waals surface area contributed by atoms with E-state index in [1.54, 1.807) is 54.4 Å². The fourth-order valence-corrected chi connectivity index (χ4v) is 17.6. The first-order valence-electron chi connectivity index (χ1n) is 46.2. The van der Waals surface area contributed by atoms with E-state index >= 15 is 0 Å². The van der Waals surface area contributed by atoms with Gasteiger partial charge in [-0.05, 0) is 127 Å². The number of hydrogen-bond donors (Lipinski definition) is 13. The molecule has 0 aromatic heterocycles. The van der Waals surface area contributed by atoms with Crippen molar-refractivity contribution in [3.63, 3.8) is 0 Å². The molecule has 4 aliphatic heterocycles. The van der Waals surface area contributed by atoms with Crippen molar-refractivity contribution in [1.29, 1.82) is 0 Å². The van der Waals surface area contributed by atoms with Crippen LogP contribution in [0.5, 0.6) is 0 Å². The van der Waals surface area contributed by atoms with E-state index in [-0.39, 0.29) is 145 Å². The molecule has 15 unspecified atom stereocenters. The van der Waals surface area contributed by atoms with Crippen LogP contribution < -0.4 is 16.0 Å². The van der Waals surface area contributed by atoms with Gasteiger partial charge in [0.05, 0.1) is 116 Å². The van der Waals surface area contributed by atoms with E-state index in [9.17, 15) is 94.2 Å². The molecule has 0 saturated carbocycles. The molecule has 35 nitrogen and oxygen atoms in total. The van der Waals surface area contributed by atoms with Gasteiger partial charge in [0.15, 0.2) is 18.9 Å². The lowest BCUT2D eigenvalue weighted by Crippen LogP contribution is -2.55. The van der Waals surface area contributed by atoms with Crippen LogP contribution >= 0.6 is 21.6 Å². The fraction of sp³-hybridized carbons (Fsp3) is 0.898. The van der Waals surface area contributed by atoms with Gasteiger partial charge in [-0.25, -0.2) is 4.79 Å². The minimum Gasteiger partial charge on any atom is -0.466 e. The molecule has 726 valence electrons. The highest BCUT2D eigenvalue weighted by atomic mass is 33.1. The van der Waals surface area contributed by atoms with Crippen LogP contribution in [0.25, 0.3) is 0 Å². The molecular weight excluding hydrogens is 1670 g/mol. The summed E-state index contributed by atoms with van der Waals surface area (Å²) in [7, 11) is 4.86. The lowest BCUT2D eigenvalue weighted by Gasteiger charge is -2.40. The summed E-state index contributed by atoms with van der Waals surface area (Å²) >= 11 is 0. The van der Waals surface area contributed by atoms with E-state index in [1.807, 2.05) is 0 Å². The van der Waals surface area contributed by atoms with Crippen molar-refractivity contribution >= 4 is 74.9 Å². The Bertz CT molecular complexity index is 2710. The monoisotopic (exact) mass is 1830 g/mol. The summed E-state index contributed by atoms with van der Waals surface area (Å²) in [5.41, 5.74) is -0.771. The predicted molar refractivity (Wildman–Crippen MR) is 464 cm³/mol. The zero-order valence-corrected chi connectivity index (χ0v) is 76.6. The Kier molecular flexibility index (Phi) is 61.7. The number of aliphatic hydroxyl groups is 10. The van der Waals surface area contributed by atoms with Crippen LogP contribution in [0.4, 0.5) is 4.79 Å². The maximum Gasteiger partial charge on any atom is 0.407 e. The Morgan fingerprint density at radius 2 is 0.768 bits per heavy atom. The number of nitrogens with one attached hydrogen (secondary N) is 3. The summed E-state index contributed by atoms with van der Waals surface area (Å²) in [5, 5.41) is 108. The highest BCUT2D eigenvalue weighted by Gasteiger charge is 2.45. The molecule has 37 heteroatoms. The molecule has 17 atom stereocenters. The van der Waals surface area contributed by atoms with Crippen molar-refractivity contribution < 1.29 is 151 Å². The van der Waals surface area contributed by atoms with E-state index < -0.39 is 129 Å². The number of methoxy groups -OCH3 is 1. The highest BCUT2D eigenvalue weighted by molar-refractivity contribution is 8.76. The molecule has 4 saturated heterocycles. The molecule has 13 N–H and O–H groups in total. The van der Waals surface area contributed by atoms with Gasteiger partial charge in [-0.3, -0.25) is 38.4 Å². The van der Waals surface area contributed by atoms with Gasteiger partial charge in [-0.1, -0.05) is 100 Å². The molecule has 4 rings (SSSR count). The number of carbonyl (C=O) groups excluding carboxylic acids is 9. The maximum absolute atomic E-state index is 14.0. The van der Waals surface area contributed by atoms with Crippen molar-refractivity contribution in [3.8, 4) is 0 Å². The Hall–Kier alpha value is -4.59. The topological polar surface area (TPSA) is 506 Å². The second-order valence-electron chi connectivity index (χ2n) is 33.7. The molecule has 4 heterocycles. The van der Waals surface area contributed by atoms with Crippen LogP contribution in [0.1, 0.15) is 265 Å². The number of ether oxygens (including phenoxy) is 12. The highest BCUT2D eigenvalue weighted by Crippen LogP contribution is 2.40. The molecule has 0 bridgehead atoms. The van der Waals surface area contributed by atoms with Crippen molar-refractivity contribution in [3.05, 3.63) is 0 Å². The second-order valence-corrected chi connectivity index (χ2v) is 36.4. The Morgan fingerprint density at radius 1 is 0.384 bits per heavy atom. The van der Waals surface area contributed by atoms with Crippen LogP contribution in [0.3, 0.4) is 0 Å². The van der Waals surface area contributed by atoms with Gasteiger partial charge in [0.25, 0.3) is 0 Å². The van der Waals surface area contributed by atoms with E-state index in [2.05, 4.69) is 16.0 Å². The number of nitrogens with zero attached hydrogens (tertiary/aromatic N) is 1. The minimum atomic E-state index is -1.23. The van der Waals surface area contributed by atoms with E-state index in [0.717, 1.165) is 82.8 Å². The fourth-order valence-electron chi connectivity index (χ4n) is 15.7. The van der Waals surface area contributed by atoms with E-state index in [1.165, 1.54) is 0 Å². The number of ketones is 2. The lowest BCUT2D eigenvalue weighted by atomic mass is 9.73. The number of aliphatic hydroxyl groups excluding tert-OH is 10. The van der Waals surface area contributed by atoms with E-state index in [4.69, 9.17) is 56.8 Å². The quantitative estimate of drug-likeness (QED) is 0.0135. The summed E-state index contributed by atoms with van der Waals surface area (Å²) in [5.74, 6) is -1.38. The third-order valence-electron chi connectivity index (χ3n) is 23.5. The van der Waals surface area contributed by atoms with Crippen LogP contribution in [0.2, 0.25) is 0 Å². The SMILES string of the molecule is CO[C@H]1C[C@H](CO)N(C(=O)CCCCC(=O)CCCSSCCOCCOC(=O)CC(CCCOC(=O)CCCCCCCNC(=O)CCCOC2OC(CO)C(O)C(O)C2C)(CCCOC(=O)CCCCCCCNC(=O)CCCOC2OC(CO)C(O)C(O)C2C)CCCOC(=O)NCCCCCCCC(=O)CCCOC2OC(CO)C(O)C(O)C2C)C1. The van der Waals surface area contributed by atoms with Gasteiger partial charge in [0.1, 0.15) is 54.8 Å². The third-order valence-corrected chi connectivity index (χ3v) is 26.0. The number of carbonyl (C=O) groups is 9. The van der Waals surface area contributed by atoms with Crippen LogP contribution in [-0.2, 0) is 95.2 Å². The average molecular weight is 1830 g/mol. The van der Waals surface area contributed by atoms with Crippen LogP contribution in [-0.4, -0.2) is 326 Å². The normalized spacial score (nSPS) is 24.9. The van der Waals surface area contributed by atoms with Gasteiger partial charge >= 0.3 is 24.0 Å². The molecule has 0 radical (unpaired) electrons. The number of alkyl carbamates (subject to hydrolysis) is 1. The summed E-state index contributed by atoms with van der Waals surface area (Å²) < 4.78 is 68.1. The number of esters is 3. The summed E-state index contributed by atoms with van der Waals surface area (Å²) in [6, 6.07) is -0.237. The van der Waals surface area contributed by atoms with Gasteiger partial charge in [0.2, 0.25) is 17.7 Å². The summed E-state index contributed by atoms with van der Waals surface area (Å²) in [6.07, 6.45) is 7.32. The number of unbranched alkanes of at least 4 members (excludes halogenated alkanes) is 13. The molecule has 0 aliphatic carbocycles. The number of Topliss-reactive ketones (excluding diaryl/α,β-unsaturated/α-hetero) is 2. The standard InChI is InChI=1S/C88H156N4O31S2/c1-62-78(105)81(108)69(59-94)121-84(62)117-44-22-31-66(97)29-14-8-5-13-21-43-91-87(111)120-49-28-40-88(38-26-47-114-75(102)36-15-9-6-11-19-41-89-72(99)33-23-45-118-85-63(2)79(106)82(109)70(60-95)122-85,39-27-48-115-76(103)37-16-10-7-12-20-42-90-73(100)34-24-46-119-86-64(3)80(107)83(110)71(61-96)123-86)56-77(104)116-51-50-113-52-54-125-124-53-25-32-67(98)30-17-18-35-74(101)92-57-68(112-4)55-65(92)58-93/h62-65,68-71,78-86,93-96,105-110H,5-61H2,1-4H3,(H,89,99)(H,90,100)(H,91,111)/t62?,63?,64?,65-,68+,69?,70?,71?,78?,79?,80?,81?,82?,83?,84?,85?,86?,88?/m1/s1. The third kappa shape index (κ3) is 47.9. The number of amides is 4. The first-order valence-corrected chi connectivity index (χ1v) is 48.7. The van der Waals surface area contributed by atoms with Crippen molar-refractivity contribution in [2.75, 3.05) is 131 Å². The zero-order valence-electron chi connectivity index (χ0n) is 74.9. The van der Waals surface area contributed by atoms with Gasteiger partial charge in [-0.15, -0.1) is 0 Å². The molecule has 125 heavy (non-hydrogen) atoms. The molecule has 4 amide bonds. The zero-order chi connectivity index (χ0) is 91.4. The lowest BCUT2D eigenvalue weighted by molar-refractivity contribution is -0.282. The molecular formula is C88H156N4O31S2. The van der Waals surface area contributed by atoms with Crippen molar-refractivity contribution in [1.82, 2.24) is 20.9 Å². The average Bonchev–Trinajstić information content (AvgIpc) is 1.71. The second kappa shape index (κ2) is 68.4. The smallest absolute Gasteiger partial charge is 0.407 e. The van der Waals surface area contributed by atoms with Crippen molar-refractivity contribution in [2.45, 2.75) is 351 Å². The van der Waals surface area contributed by atoms with Gasteiger partial charge < -0.3 is 129 Å². The molecule has 0 aromatic rings. The minimum absolute atomic E-state index is 0.0127. The number of hydrogen-bond acceptors (Lipinski definition) is 33. The van der Waals surface area contributed by atoms with Crippen LogP contribution in [0, 0.1) is 23.2 Å². The van der Waals surface area contributed by atoms with Gasteiger partial charge in [-0.2, -0.15) is 0 Å². The Balaban J connectivity index is 1.24. The van der Waals surface area contributed by atoms with Crippen LogP contribution in [0.15, 0.2) is 0 Å². The Labute approximate surface area is 747 Å². The molecule has 0 spiro atoms. The first-order chi connectivity index (χ1) is 60.3. The van der Waals surface area contributed by atoms with E-state index in [0.29, 0.717) is 173 Å². The number of likely N-dealkylation sites (tertiary alicyclic amines) is 1. The Morgan fingerprint density at radius 3 is 1.22 bits per heavy atom. The molecule has 4 fully saturated rings. The van der Waals surface area contributed by atoms with Crippen molar-refractivity contribution in [2.24, 2.45) is 23.2 Å². The molecule has 4 aliphatic rings. The number of rotatable bonds is 74. The molecule has 0 aromatic carbocycles. The summed E-state index contributed by atoms with van der Waals surface area (Å²) in [4.78, 5) is 118. The van der Waals surface area contributed by atoms with Gasteiger partial charge in [0, 0.05) is 120 Å². The summed E-state index contributed by atoms with van der Waals surface area (Å²) in [6.45, 7) is 6.63.